The van der Waals surface area contributed by atoms with Gasteiger partial charge in [-0.2, -0.15) is 5.26 Å². The molecule has 0 aliphatic heterocycles. The van der Waals surface area contributed by atoms with E-state index in [4.69, 9.17) is 0 Å². The highest BCUT2D eigenvalue weighted by Gasteiger charge is 2.12. The third-order valence-corrected chi connectivity index (χ3v) is 3.30. The van der Waals surface area contributed by atoms with Gasteiger partial charge in [0, 0.05) is 18.0 Å². The van der Waals surface area contributed by atoms with Crippen LogP contribution in [0.4, 0.5) is 5.69 Å². The van der Waals surface area contributed by atoms with Crippen molar-refractivity contribution in [2.45, 2.75) is 18.7 Å². The maximum Gasteiger partial charge on any atom is 0.103 e. The van der Waals surface area contributed by atoms with E-state index < -0.39 is 0 Å². The average molecular weight is 246 g/mol. The molecule has 1 aromatic carbocycles. The lowest BCUT2D eigenvalue weighted by molar-refractivity contribution is 0.876. The Morgan fingerprint density at radius 1 is 1.53 bits per heavy atom. The number of thioether (sulfide) groups is 1. The third-order valence-electron chi connectivity index (χ3n) is 2.52. The largest absolute Gasteiger partial charge is 0.367 e. The Morgan fingerprint density at radius 2 is 2.24 bits per heavy atom. The minimum Gasteiger partial charge on any atom is -0.367 e. The normalized spacial score (nSPS) is 9.76. The third kappa shape index (κ3) is 3.28. The molecule has 0 unspecified atom stereocenters. The van der Waals surface area contributed by atoms with Crippen LogP contribution in [-0.2, 0) is 0 Å². The highest BCUT2D eigenvalue weighted by atomic mass is 32.2. The number of likely N-dealkylation sites (N-methyl/N-ethyl adjacent to an activating group) is 1. The van der Waals surface area contributed by atoms with Crippen LogP contribution >= 0.6 is 11.8 Å². The summed E-state index contributed by atoms with van der Waals surface area (Å²) < 4.78 is 0. The molecule has 90 valence electrons. The van der Waals surface area contributed by atoms with E-state index in [1.807, 2.05) is 31.4 Å². The smallest absolute Gasteiger partial charge is 0.103 e. The van der Waals surface area contributed by atoms with Crippen molar-refractivity contribution in [3.8, 4) is 6.07 Å². The lowest BCUT2D eigenvalue weighted by atomic mass is 10.1. The van der Waals surface area contributed by atoms with Crippen LogP contribution < -0.4 is 4.90 Å². The highest BCUT2D eigenvalue weighted by Crippen LogP contribution is 2.29. The van der Waals surface area contributed by atoms with E-state index >= 15 is 0 Å². The Balaban J connectivity index is 3.19. The second kappa shape index (κ2) is 6.36. The molecule has 0 atom stereocenters. The van der Waals surface area contributed by atoms with Gasteiger partial charge >= 0.3 is 0 Å². The first-order valence-electron chi connectivity index (χ1n) is 5.60. The number of nitrogens with zero attached hydrogens (tertiary/aromatic N) is 2. The van der Waals surface area contributed by atoms with Crippen LogP contribution in [0.3, 0.4) is 0 Å². The first kappa shape index (κ1) is 13.7. The Bertz CT molecular complexity index is 446. The molecule has 0 fully saturated rings. The molecule has 0 saturated heterocycles. The topological polar surface area (TPSA) is 27.0 Å². The average Bonchev–Trinajstić information content (AvgIpc) is 2.34. The van der Waals surface area contributed by atoms with Crippen molar-refractivity contribution in [1.29, 1.82) is 5.26 Å². The van der Waals surface area contributed by atoms with Gasteiger partial charge in [0.2, 0.25) is 0 Å². The van der Waals surface area contributed by atoms with E-state index in [2.05, 4.69) is 24.5 Å². The minimum absolute atomic E-state index is 0.767. The molecule has 2 nitrogen and oxygen atoms in total. The molecule has 0 amide bonds. The fourth-order valence-corrected chi connectivity index (χ4v) is 2.33. The van der Waals surface area contributed by atoms with Crippen LogP contribution in [0.1, 0.15) is 19.4 Å². The number of anilines is 1. The van der Waals surface area contributed by atoms with Gasteiger partial charge in [-0.05, 0) is 32.2 Å². The number of benzene rings is 1. The SMILES string of the molecule is C=C(C)CN(CC)c1cccc(SC)c1C#N. The van der Waals surface area contributed by atoms with Crippen molar-refractivity contribution >= 4 is 17.4 Å². The molecule has 1 rings (SSSR count). The van der Waals surface area contributed by atoms with Crippen LogP contribution in [0.2, 0.25) is 0 Å². The standard InChI is InChI=1S/C14H18N2S/c1-5-16(10-11(2)3)13-7-6-8-14(17-4)12(13)9-15/h6-8H,2,5,10H2,1,3-4H3. The van der Waals surface area contributed by atoms with Crippen LogP contribution in [0, 0.1) is 11.3 Å². The van der Waals surface area contributed by atoms with Crippen LogP contribution in [0.15, 0.2) is 35.2 Å². The molecule has 0 aliphatic rings. The minimum atomic E-state index is 0.767. The van der Waals surface area contributed by atoms with E-state index in [-0.39, 0.29) is 0 Å². The summed E-state index contributed by atoms with van der Waals surface area (Å²) in [5.74, 6) is 0. The number of hydrogen-bond acceptors (Lipinski definition) is 3. The van der Waals surface area contributed by atoms with Gasteiger partial charge in [-0.3, -0.25) is 0 Å². The van der Waals surface area contributed by atoms with Gasteiger partial charge < -0.3 is 4.90 Å². The Kier molecular flexibility index (Phi) is 5.11. The zero-order chi connectivity index (χ0) is 12.8. The van der Waals surface area contributed by atoms with Crippen LogP contribution in [0.5, 0.6) is 0 Å². The van der Waals surface area contributed by atoms with Gasteiger partial charge in [0.05, 0.1) is 11.3 Å². The molecule has 0 spiro atoms. The second-order valence-corrected chi connectivity index (χ2v) is 4.79. The summed E-state index contributed by atoms with van der Waals surface area (Å²) in [6, 6.07) is 8.31. The van der Waals surface area contributed by atoms with Crippen molar-refractivity contribution in [3.05, 3.63) is 35.9 Å². The summed E-state index contributed by atoms with van der Waals surface area (Å²) in [7, 11) is 0. The molecular formula is C14H18N2S. The molecular weight excluding hydrogens is 228 g/mol. The number of nitriles is 1. The van der Waals surface area contributed by atoms with E-state index in [9.17, 15) is 5.26 Å². The quantitative estimate of drug-likeness (QED) is 0.586. The molecule has 1 aromatic rings. The molecule has 0 radical (unpaired) electrons. The summed E-state index contributed by atoms with van der Waals surface area (Å²) in [5.41, 5.74) is 2.87. The van der Waals surface area contributed by atoms with Gasteiger partial charge in [0.15, 0.2) is 0 Å². The summed E-state index contributed by atoms with van der Waals surface area (Å²) in [6.07, 6.45) is 2.00. The zero-order valence-corrected chi connectivity index (χ0v) is 11.5. The molecule has 0 bridgehead atoms. The van der Waals surface area contributed by atoms with E-state index in [1.54, 1.807) is 11.8 Å². The molecule has 0 heterocycles. The zero-order valence-electron chi connectivity index (χ0n) is 10.7. The van der Waals surface area contributed by atoms with Crippen LogP contribution in [0.25, 0.3) is 0 Å². The maximum absolute atomic E-state index is 9.30. The summed E-state index contributed by atoms with van der Waals surface area (Å²) in [5, 5.41) is 9.30. The first-order chi connectivity index (χ1) is 8.13. The van der Waals surface area contributed by atoms with Crippen molar-refractivity contribution < 1.29 is 0 Å². The Hall–Kier alpha value is -1.40. The molecule has 0 aliphatic carbocycles. The van der Waals surface area contributed by atoms with Crippen molar-refractivity contribution in [3.63, 3.8) is 0 Å². The van der Waals surface area contributed by atoms with Gasteiger partial charge in [0.1, 0.15) is 6.07 Å². The highest BCUT2D eigenvalue weighted by molar-refractivity contribution is 7.98. The molecule has 0 saturated carbocycles. The fourth-order valence-electron chi connectivity index (χ4n) is 1.76. The maximum atomic E-state index is 9.30. The monoisotopic (exact) mass is 246 g/mol. The lowest BCUT2D eigenvalue weighted by Gasteiger charge is -2.25. The summed E-state index contributed by atoms with van der Waals surface area (Å²) in [6.45, 7) is 9.71. The molecule has 3 heteroatoms. The predicted molar refractivity (Wildman–Crippen MR) is 75.6 cm³/mol. The predicted octanol–water partition coefficient (Wildman–Crippen LogP) is 3.68. The summed E-state index contributed by atoms with van der Waals surface area (Å²) in [4.78, 5) is 3.21. The van der Waals surface area contributed by atoms with Gasteiger partial charge in [-0.15, -0.1) is 11.8 Å². The van der Waals surface area contributed by atoms with Crippen LogP contribution in [-0.4, -0.2) is 19.3 Å². The van der Waals surface area contributed by atoms with E-state index in [0.717, 1.165) is 34.8 Å². The summed E-state index contributed by atoms with van der Waals surface area (Å²) >= 11 is 1.61. The van der Waals surface area contributed by atoms with Gasteiger partial charge in [0.25, 0.3) is 0 Å². The van der Waals surface area contributed by atoms with Gasteiger partial charge in [-0.1, -0.05) is 18.2 Å². The van der Waals surface area contributed by atoms with E-state index in [1.165, 1.54) is 0 Å². The molecule has 0 N–H and O–H groups in total. The van der Waals surface area contributed by atoms with Crippen molar-refractivity contribution in [1.82, 2.24) is 0 Å². The molecule has 0 aromatic heterocycles. The molecule has 17 heavy (non-hydrogen) atoms. The number of hydrogen-bond donors (Lipinski definition) is 0. The number of rotatable bonds is 5. The first-order valence-corrected chi connectivity index (χ1v) is 6.83. The fraction of sp³-hybridized carbons (Fsp3) is 0.357. The second-order valence-electron chi connectivity index (χ2n) is 3.94. The van der Waals surface area contributed by atoms with E-state index in [0.29, 0.717) is 0 Å². The Labute approximate surface area is 108 Å². The van der Waals surface area contributed by atoms with Crippen molar-refractivity contribution in [2.24, 2.45) is 0 Å². The lowest BCUT2D eigenvalue weighted by Crippen LogP contribution is -2.25. The van der Waals surface area contributed by atoms with Crippen molar-refractivity contribution in [2.75, 3.05) is 24.2 Å². The van der Waals surface area contributed by atoms with Gasteiger partial charge in [-0.25, -0.2) is 0 Å². The Morgan fingerprint density at radius 3 is 2.71 bits per heavy atom.